The third kappa shape index (κ3) is 3.65. The van der Waals surface area contributed by atoms with E-state index >= 15 is 0 Å². The van der Waals surface area contributed by atoms with E-state index in [0.29, 0.717) is 0 Å². The van der Waals surface area contributed by atoms with Gasteiger partial charge in [0.2, 0.25) is 0 Å². The molecule has 0 atom stereocenters. The van der Waals surface area contributed by atoms with Crippen molar-refractivity contribution in [3.63, 3.8) is 0 Å². The van der Waals surface area contributed by atoms with E-state index in [1.165, 1.54) is 0 Å². The smallest absolute Gasteiger partial charge is 0.0444 e. The summed E-state index contributed by atoms with van der Waals surface area (Å²) in [7, 11) is 0. The summed E-state index contributed by atoms with van der Waals surface area (Å²) in [6.07, 6.45) is 5.59. The largest absolute Gasteiger partial charge is 0.401 e. The second kappa shape index (κ2) is 6.12. The molecule has 2 nitrogen and oxygen atoms in total. The van der Waals surface area contributed by atoms with E-state index in [4.69, 9.17) is 5.73 Å². The molecule has 0 unspecified atom stereocenters. The number of nitrogens with zero attached hydrogens (tertiary/aromatic N) is 1. The van der Waals surface area contributed by atoms with E-state index in [2.05, 4.69) is 6.58 Å². The molecule has 0 radical (unpaired) electrons. The SMILES string of the molecule is C=Cc1cccn1/C=C(\C)N.CC. The quantitative estimate of drug-likeness (QED) is 0.741. The van der Waals surface area contributed by atoms with Gasteiger partial charge in [-0.1, -0.05) is 20.4 Å². The van der Waals surface area contributed by atoms with E-state index in [1.807, 2.05) is 49.9 Å². The molecule has 72 valence electrons. The van der Waals surface area contributed by atoms with E-state index in [0.717, 1.165) is 11.4 Å². The maximum Gasteiger partial charge on any atom is 0.0444 e. The summed E-state index contributed by atoms with van der Waals surface area (Å²) in [6, 6.07) is 3.93. The van der Waals surface area contributed by atoms with Crippen molar-refractivity contribution in [2.75, 3.05) is 0 Å². The summed E-state index contributed by atoms with van der Waals surface area (Å²) in [5.74, 6) is 0. The van der Waals surface area contributed by atoms with Crippen molar-refractivity contribution in [2.24, 2.45) is 5.73 Å². The molecule has 0 spiro atoms. The lowest BCUT2D eigenvalue weighted by molar-refractivity contribution is 1.12. The predicted octanol–water partition coefficient (Wildman–Crippen LogP) is 2.93. The zero-order chi connectivity index (χ0) is 10.3. The first kappa shape index (κ1) is 11.6. The summed E-state index contributed by atoms with van der Waals surface area (Å²) in [5.41, 5.74) is 7.35. The number of allylic oxidation sites excluding steroid dienone is 1. The first-order valence-electron chi connectivity index (χ1n) is 4.47. The van der Waals surface area contributed by atoms with E-state index in [1.54, 1.807) is 6.08 Å². The standard InChI is InChI=1S/C9H12N2.C2H6/c1-3-9-5-4-6-11(9)7-8(2)10;1-2/h3-7H,1,10H2,2H3;1-2H3/b8-7+;. The van der Waals surface area contributed by atoms with Crippen LogP contribution in [0.5, 0.6) is 0 Å². The number of nitrogens with two attached hydrogens (primary N) is 1. The fourth-order valence-corrected chi connectivity index (χ4v) is 0.917. The zero-order valence-corrected chi connectivity index (χ0v) is 8.62. The van der Waals surface area contributed by atoms with Crippen molar-refractivity contribution in [3.05, 3.63) is 36.3 Å². The maximum atomic E-state index is 5.51. The van der Waals surface area contributed by atoms with Gasteiger partial charge in [-0.25, -0.2) is 0 Å². The first-order chi connectivity index (χ1) is 6.24. The Balaban J connectivity index is 0.000000671. The van der Waals surface area contributed by atoms with Crippen molar-refractivity contribution in [2.45, 2.75) is 20.8 Å². The van der Waals surface area contributed by atoms with Crippen molar-refractivity contribution in [1.29, 1.82) is 0 Å². The lowest BCUT2D eigenvalue weighted by atomic mass is 10.4. The Kier molecular flexibility index (Phi) is 5.44. The zero-order valence-electron chi connectivity index (χ0n) is 8.62. The summed E-state index contributed by atoms with van der Waals surface area (Å²) in [5, 5.41) is 0. The second-order valence-electron chi connectivity index (χ2n) is 2.42. The Hall–Kier alpha value is -1.44. The molecule has 0 aliphatic heterocycles. The van der Waals surface area contributed by atoms with Crippen molar-refractivity contribution >= 4 is 12.3 Å². The molecule has 0 aliphatic rings. The van der Waals surface area contributed by atoms with Gasteiger partial charge < -0.3 is 10.3 Å². The van der Waals surface area contributed by atoms with Crippen LogP contribution in [0.1, 0.15) is 26.5 Å². The highest BCUT2D eigenvalue weighted by Crippen LogP contribution is 2.04. The molecule has 1 heterocycles. The van der Waals surface area contributed by atoms with E-state index < -0.39 is 0 Å². The summed E-state index contributed by atoms with van der Waals surface area (Å²) >= 11 is 0. The molecular weight excluding hydrogens is 160 g/mol. The molecule has 0 bridgehead atoms. The van der Waals surface area contributed by atoms with Crippen LogP contribution in [0.25, 0.3) is 12.3 Å². The van der Waals surface area contributed by atoms with Crippen molar-refractivity contribution in [1.82, 2.24) is 4.57 Å². The van der Waals surface area contributed by atoms with Gasteiger partial charge in [-0.05, 0) is 25.1 Å². The van der Waals surface area contributed by atoms with Gasteiger partial charge in [-0.2, -0.15) is 0 Å². The topological polar surface area (TPSA) is 30.9 Å². The Morgan fingerprint density at radius 2 is 2.15 bits per heavy atom. The van der Waals surface area contributed by atoms with Crippen LogP contribution in [-0.2, 0) is 0 Å². The van der Waals surface area contributed by atoms with Crippen LogP contribution >= 0.6 is 0 Å². The van der Waals surface area contributed by atoms with Gasteiger partial charge in [-0.3, -0.25) is 0 Å². The molecule has 1 rings (SSSR count). The van der Waals surface area contributed by atoms with Gasteiger partial charge in [0.25, 0.3) is 0 Å². The Morgan fingerprint density at radius 1 is 1.54 bits per heavy atom. The van der Waals surface area contributed by atoms with Crippen LogP contribution in [-0.4, -0.2) is 4.57 Å². The monoisotopic (exact) mass is 178 g/mol. The number of hydrogen-bond acceptors (Lipinski definition) is 1. The van der Waals surface area contributed by atoms with Crippen LogP contribution in [0, 0.1) is 0 Å². The first-order valence-corrected chi connectivity index (χ1v) is 4.47. The van der Waals surface area contributed by atoms with Crippen LogP contribution in [0.15, 0.2) is 30.6 Å². The molecule has 0 aromatic carbocycles. The lowest BCUT2D eigenvalue weighted by Gasteiger charge is -1.98. The predicted molar refractivity (Wildman–Crippen MR) is 60.0 cm³/mol. The fraction of sp³-hybridized carbons (Fsp3) is 0.273. The third-order valence-corrected chi connectivity index (χ3v) is 1.36. The normalized spacial score (nSPS) is 10.2. The third-order valence-electron chi connectivity index (χ3n) is 1.36. The molecule has 13 heavy (non-hydrogen) atoms. The Labute approximate surface area is 80.4 Å². The number of aromatic nitrogens is 1. The van der Waals surface area contributed by atoms with Gasteiger partial charge >= 0.3 is 0 Å². The van der Waals surface area contributed by atoms with Gasteiger partial charge in [0.1, 0.15) is 0 Å². The molecule has 0 fully saturated rings. The average molecular weight is 178 g/mol. The van der Waals surface area contributed by atoms with Gasteiger partial charge in [0.15, 0.2) is 0 Å². The van der Waals surface area contributed by atoms with Crippen LogP contribution in [0.4, 0.5) is 0 Å². The fourth-order valence-electron chi connectivity index (χ4n) is 0.917. The maximum absolute atomic E-state index is 5.51. The van der Waals surface area contributed by atoms with Gasteiger partial charge in [0, 0.05) is 23.8 Å². The Bertz CT molecular complexity index is 278. The highest BCUT2D eigenvalue weighted by atomic mass is 14.9. The molecule has 2 N–H and O–H groups in total. The number of hydrogen-bond donors (Lipinski definition) is 1. The minimum Gasteiger partial charge on any atom is -0.401 e. The van der Waals surface area contributed by atoms with Crippen LogP contribution < -0.4 is 5.73 Å². The molecule has 0 saturated carbocycles. The van der Waals surface area contributed by atoms with Crippen molar-refractivity contribution in [3.8, 4) is 0 Å². The van der Waals surface area contributed by atoms with E-state index in [9.17, 15) is 0 Å². The van der Waals surface area contributed by atoms with Crippen molar-refractivity contribution < 1.29 is 0 Å². The summed E-state index contributed by atoms with van der Waals surface area (Å²) < 4.78 is 1.93. The van der Waals surface area contributed by atoms with E-state index in [-0.39, 0.29) is 0 Å². The minimum absolute atomic E-state index is 0.782. The highest BCUT2D eigenvalue weighted by Gasteiger charge is 1.90. The molecule has 1 aromatic heterocycles. The minimum atomic E-state index is 0.782. The van der Waals surface area contributed by atoms with Gasteiger partial charge in [-0.15, -0.1) is 0 Å². The van der Waals surface area contributed by atoms with Crippen LogP contribution in [0.3, 0.4) is 0 Å². The second-order valence-corrected chi connectivity index (χ2v) is 2.42. The number of rotatable bonds is 2. The molecule has 0 saturated heterocycles. The highest BCUT2D eigenvalue weighted by molar-refractivity contribution is 5.48. The lowest BCUT2D eigenvalue weighted by Crippen LogP contribution is -1.95. The average Bonchev–Trinajstić information content (AvgIpc) is 2.54. The Morgan fingerprint density at radius 3 is 2.62 bits per heavy atom. The molecule has 0 amide bonds. The van der Waals surface area contributed by atoms with Gasteiger partial charge in [0.05, 0.1) is 0 Å². The summed E-state index contributed by atoms with van der Waals surface area (Å²) in [6.45, 7) is 9.53. The molecule has 0 aliphatic carbocycles. The summed E-state index contributed by atoms with van der Waals surface area (Å²) in [4.78, 5) is 0. The molecular formula is C11H18N2. The van der Waals surface area contributed by atoms with Crippen LogP contribution in [0.2, 0.25) is 0 Å². The molecule has 2 heteroatoms. The molecule has 1 aromatic rings.